The number of imide groups is 1. The number of ether oxygens (including phenoxy) is 2. The molecule has 2 aliphatic rings. The molecule has 2 aromatic rings. The van der Waals surface area contributed by atoms with Crippen LogP contribution in [0.25, 0.3) is 0 Å². The van der Waals surface area contributed by atoms with Crippen molar-refractivity contribution >= 4 is 17.7 Å². The normalized spacial score (nSPS) is 20.6. The van der Waals surface area contributed by atoms with E-state index in [0.29, 0.717) is 41.8 Å². The number of carbonyl (C=O) groups is 3. The van der Waals surface area contributed by atoms with Crippen molar-refractivity contribution in [1.82, 2.24) is 10.2 Å². The number of urea groups is 1. The number of amides is 3. The molecule has 3 amide bonds. The molecule has 4 rings (SSSR count). The Labute approximate surface area is 181 Å². The molecule has 1 atom stereocenters. The molecular formula is C24H26N2O5. The van der Waals surface area contributed by atoms with Crippen molar-refractivity contribution < 1.29 is 23.9 Å². The van der Waals surface area contributed by atoms with E-state index in [-0.39, 0.29) is 12.3 Å². The maximum absolute atomic E-state index is 13.1. The Bertz CT molecular complexity index is 1030. The first-order chi connectivity index (χ1) is 14.8. The quantitative estimate of drug-likeness (QED) is 0.588. The van der Waals surface area contributed by atoms with Gasteiger partial charge >= 0.3 is 6.03 Å². The molecule has 2 aromatic carbocycles. The van der Waals surface area contributed by atoms with Gasteiger partial charge in [-0.05, 0) is 42.2 Å². The van der Waals surface area contributed by atoms with Crippen molar-refractivity contribution in [2.75, 3.05) is 19.8 Å². The molecule has 1 fully saturated rings. The second-order valence-electron chi connectivity index (χ2n) is 8.36. The number of nitrogens with one attached hydrogen (secondary N) is 1. The van der Waals surface area contributed by atoms with Gasteiger partial charge in [0.15, 0.2) is 17.3 Å². The SMILES string of the molecule is CC(C)c1ccc([C@@]2(C)NC(=O)N(CC(=O)c3ccc4c(c3)OCCCO4)C2=O)cc1. The molecule has 0 radical (unpaired) electrons. The van der Waals surface area contributed by atoms with Crippen molar-refractivity contribution in [2.24, 2.45) is 0 Å². The summed E-state index contributed by atoms with van der Waals surface area (Å²) >= 11 is 0. The standard InChI is InChI=1S/C24H26N2O5/c1-15(2)16-5-8-18(9-6-16)24(3)22(28)26(23(29)25-24)14-19(27)17-7-10-20-21(13-17)31-12-4-11-30-20/h5-10,13,15H,4,11-12,14H2,1-3H3,(H,25,29)/t24-/m1/s1. The molecule has 0 aliphatic carbocycles. The van der Waals surface area contributed by atoms with E-state index < -0.39 is 17.5 Å². The van der Waals surface area contributed by atoms with E-state index in [2.05, 4.69) is 19.2 Å². The fourth-order valence-electron chi connectivity index (χ4n) is 3.81. The van der Waals surface area contributed by atoms with E-state index in [1.807, 2.05) is 24.3 Å². The zero-order chi connectivity index (χ0) is 22.2. The average molecular weight is 422 g/mol. The van der Waals surface area contributed by atoms with E-state index in [1.54, 1.807) is 25.1 Å². The lowest BCUT2D eigenvalue weighted by molar-refractivity contribution is -0.130. The number of benzene rings is 2. The van der Waals surface area contributed by atoms with Gasteiger partial charge in [0.25, 0.3) is 5.91 Å². The van der Waals surface area contributed by atoms with Gasteiger partial charge in [0.2, 0.25) is 0 Å². The molecular weight excluding hydrogens is 396 g/mol. The Morgan fingerprint density at radius 3 is 2.42 bits per heavy atom. The minimum absolute atomic E-state index is 0.343. The van der Waals surface area contributed by atoms with E-state index in [1.165, 1.54) is 0 Å². The number of nitrogens with zero attached hydrogens (tertiary/aromatic N) is 1. The zero-order valence-corrected chi connectivity index (χ0v) is 17.9. The van der Waals surface area contributed by atoms with E-state index in [0.717, 1.165) is 16.9 Å². The predicted octanol–water partition coefficient (Wildman–Crippen LogP) is 3.62. The molecule has 162 valence electrons. The first-order valence-corrected chi connectivity index (χ1v) is 10.5. The van der Waals surface area contributed by atoms with Crippen LogP contribution in [0.15, 0.2) is 42.5 Å². The van der Waals surface area contributed by atoms with Gasteiger partial charge in [-0.3, -0.25) is 14.5 Å². The summed E-state index contributed by atoms with van der Waals surface area (Å²) in [7, 11) is 0. The molecule has 7 heteroatoms. The Morgan fingerprint density at radius 2 is 1.74 bits per heavy atom. The second-order valence-corrected chi connectivity index (χ2v) is 8.36. The van der Waals surface area contributed by atoms with Crippen LogP contribution < -0.4 is 14.8 Å². The molecule has 0 aromatic heterocycles. The Hall–Kier alpha value is -3.35. The summed E-state index contributed by atoms with van der Waals surface area (Å²) in [5, 5.41) is 2.75. The Kier molecular flexibility index (Phi) is 5.43. The number of hydrogen-bond donors (Lipinski definition) is 1. The van der Waals surface area contributed by atoms with Crippen molar-refractivity contribution in [2.45, 2.75) is 38.6 Å². The minimum atomic E-state index is -1.21. The summed E-state index contributed by atoms with van der Waals surface area (Å²) in [6.07, 6.45) is 0.761. The summed E-state index contributed by atoms with van der Waals surface area (Å²) in [5.74, 6) is 0.647. The Balaban J connectivity index is 1.53. The van der Waals surface area contributed by atoms with Gasteiger partial charge in [0.1, 0.15) is 5.54 Å². The van der Waals surface area contributed by atoms with Crippen LogP contribution in [0.4, 0.5) is 4.79 Å². The highest BCUT2D eigenvalue weighted by molar-refractivity contribution is 6.11. The summed E-state index contributed by atoms with van der Waals surface area (Å²) < 4.78 is 11.2. The lowest BCUT2D eigenvalue weighted by Crippen LogP contribution is -2.41. The zero-order valence-electron chi connectivity index (χ0n) is 17.9. The van der Waals surface area contributed by atoms with E-state index in [4.69, 9.17) is 9.47 Å². The average Bonchev–Trinajstić information content (AvgIpc) is 2.93. The number of ketones is 1. The van der Waals surface area contributed by atoms with Crippen molar-refractivity contribution in [3.63, 3.8) is 0 Å². The second kappa shape index (κ2) is 8.06. The van der Waals surface area contributed by atoms with Crippen LogP contribution >= 0.6 is 0 Å². The first-order valence-electron chi connectivity index (χ1n) is 10.5. The van der Waals surface area contributed by atoms with Crippen molar-refractivity contribution in [3.05, 3.63) is 59.2 Å². The topological polar surface area (TPSA) is 84.9 Å². The first kappa shape index (κ1) is 20.9. The Morgan fingerprint density at radius 1 is 1.06 bits per heavy atom. The van der Waals surface area contributed by atoms with Gasteiger partial charge in [-0.15, -0.1) is 0 Å². The van der Waals surface area contributed by atoms with Crippen molar-refractivity contribution in [3.8, 4) is 11.5 Å². The minimum Gasteiger partial charge on any atom is -0.490 e. The molecule has 1 N–H and O–H groups in total. The van der Waals surface area contributed by atoms with Gasteiger partial charge in [-0.1, -0.05) is 38.1 Å². The number of carbonyl (C=O) groups excluding carboxylic acids is 3. The number of rotatable bonds is 5. The third-order valence-electron chi connectivity index (χ3n) is 5.80. The number of Topliss-reactive ketones (excluding diaryl/α,β-unsaturated/α-hetero) is 1. The third kappa shape index (κ3) is 3.87. The van der Waals surface area contributed by atoms with Crippen LogP contribution in [0.3, 0.4) is 0 Å². The molecule has 0 spiro atoms. The molecule has 2 heterocycles. The fraction of sp³-hybridized carbons (Fsp3) is 0.375. The van der Waals surface area contributed by atoms with E-state index >= 15 is 0 Å². The van der Waals surface area contributed by atoms with Gasteiger partial charge in [-0.25, -0.2) is 4.79 Å². The maximum Gasteiger partial charge on any atom is 0.325 e. The molecule has 7 nitrogen and oxygen atoms in total. The van der Waals surface area contributed by atoms with Crippen molar-refractivity contribution in [1.29, 1.82) is 0 Å². The number of hydrogen-bond acceptors (Lipinski definition) is 5. The largest absolute Gasteiger partial charge is 0.490 e. The molecule has 1 saturated heterocycles. The predicted molar refractivity (Wildman–Crippen MR) is 115 cm³/mol. The summed E-state index contributed by atoms with van der Waals surface area (Å²) in [6, 6.07) is 11.9. The summed E-state index contributed by atoms with van der Waals surface area (Å²) in [5.41, 5.74) is 0.975. The highest BCUT2D eigenvalue weighted by Gasteiger charge is 2.49. The van der Waals surface area contributed by atoms with Gasteiger partial charge in [-0.2, -0.15) is 0 Å². The maximum atomic E-state index is 13.1. The molecule has 31 heavy (non-hydrogen) atoms. The van der Waals surface area contributed by atoms with Gasteiger partial charge in [0, 0.05) is 12.0 Å². The van der Waals surface area contributed by atoms with Crippen LogP contribution in [0.2, 0.25) is 0 Å². The van der Waals surface area contributed by atoms with Gasteiger partial charge < -0.3 is 14.8 Å². The smallest absolute Gasteiger partial charge is 0.325 e. The highest BCUT2D eigenvalue weighted by Crippen LogP contribution is 2.32. The molecule has 0 saturated carbocycles. The fourth-order valence-corrected chi connectivity index (χ4v) is 3.81. The molecule has 2 aliphatic heterocycles. The third-order valence-corrected chi connectivity index (χ3v) is 5.80. The van der Waals surface area contributed by atoms with Crippen LogP contribution in [0.1, 0.15) is 54.6 Å². The summed E-state index contributed by atoms with van der Waals surface area (Å²) in [6.45, 7) is 6.56. The highest BCUT2D eigenvalue weighted by atomic mass is 16.5. The van der Waals surface area contributed by atoms with Crippen LogP contribution in [-0.4, -0.2) is 42.4 Å². The summed E-state index contributed by atoms with van der Waals surface area (Å²) in [4.78, 5) is 39.6. The van der Waals surface area contributed by atoms with Crippen LogP contribution in [0, 0.1) is 0 Å². The lowest BCUT2D eigenvalue weighted by Gasteiger charge is -2.22. The number of fused-ring (bicyclic) bond motifs is 1. The van der Waals surface area contributed by atoms with Crippen LogP contribution in [0.5, 0.6) is 11.5 Å². The molecule has 0 unspecified atom stereocenters. The van der Waals surface area contributed by atoms with Gasteiger partial charge in [0.05, 0.1) is 19.8 Å². The molecule has 0 bridgehead atoms. The lowest BCUT2D eigenvalue weighted by atomic mass is 9.90. The van der Waals surface area contributed by atoms with Crippen LogP contribution in [-0.2, 0) is 10.3 Å². The monoisotopic (exact) mass is 422 g/mol. The van der Waals surface area contributed by atoms with E-state index in [9.17, 15) is 14.4 Å².